The van der Waals surface area contributed by atoms with Gasteiger partial charge in [0.2, 0.25) is 15.8 Å². The van der Waals surface area contributed by atoms with Gasteiger partial charge in [0.05, 0.1) is 21.4 Å². The second-order valence-corrected chi connectivity index (χ2v) is 9.82. The van der Waals surface area contributed by atoms with Crippen LogP contribution in [0, 0.1) is 11.6 Å². The number of halogens is 2. The molecular weight excluding hydrogens is 476 g/mol. The van der Waals surface area contributed by atoms with Gasteiger partial charge in [-0.2, -0.15) is 0 Å². The van der Waals surface area contributed by atoms with Crippen LogP contribution < -0.4 is 10.5 Å². The number of primary sulfonamides is 1. The Hall–Kier alpha value is -3.70. The van der Waals surface area contributed by atoms with Crippen LogP contribution in [0.5, 0.6) is 0 Å². The highest BCUT2D eigenvalue weighted by molar-refractivity contribution is 7.89. The average Bonchev–Trinajstić information content (AvgIpc) is 3.23. The maximum absolute atomic E-state index is 15.8. The summed E-state index contributed by atoms with van der Waals surface area (Å²) in [6, 6.07) is 6.28. The number of nitrogens with zero attached hydrogens (tertiary/aromatic N) is 2. The molecule has 4 N–H and O–H groups in total. The first-order valence-corrected chi connectivity index (χ1v) is 12.3. The fourth-order valence-electron chi connectivity index (χ4n) is 3.88. The molecule has 0 spiro atoms. The van der Waals surface area contributed by atoms with E-state index in [-0.39, 0.29) is 33.0 Å². The Morgan fingerprint density at radius 1 is 1.14 bits per heavy atom. The lowest BCUT2D eigenvalue weighted by Crippen LogP contribution is -2.15. The van der Waals surface area contributed by atoms with E-state index in [0.717, 1.165) is 12.1 Å². The summed E-state index contributed by atoms with van der Waals surface area (Å²) in [7, 11) is -4.23. The first-order chi connectivity index (χ1) is 16.5. The van der Waals surface area contributed by atoms with Gasteiger partial charge in [-0.15, -0.1) is 0 Å². The van der Waals surface area contributed by atoms with Gasteiger partial charge >= 0.3 is 0 Å². The van der Waals surface area contributed by atoms with Gasteiger partial charge in [-0.05, 0) is 50.1 Å². The van der Waals surface area contributed by atoms with Gasteiger partial charge in [0.1, 0.15) is 29.4 Å². The summed E-state index contributed by atoms with van der Waals surface area (Å²) in [5.74, 6) is -2.90. The Bertz CT molecular complexity index is 1570. The number of hydrogen-bond acceptors (Lipinski definition) is 6. The summed E-state index contributed by atoms with van der Waals surface area (Å²) >= 11 is 0. The number of rotatable bonds is 7. The molecule has 0 saturated heterocycles. The van der Waals surface area contributed by atoms with Crippen LogP contribution in [0.3, 0.4) is 0 Å². The molecule has 4 aromatic rings. The standard InChI is InChI=1S/C24H23F2N5O3S/c1-4-13-5-8-18(35(27,33)34)15(9-13)14-6-7-17(25)20(21(14)26)22(32)16-10-28-23-19(16)24(30-11-29-23)31-12(2)3/h5-12H,4H2,1-3H3,(H2,27,33,34)(H2,28,29,30,31). The van der Waals surface area contributed by atoms with Crippen LogP contribution in [0.4, 0.5) is 14.6 Å². The van der Waals surface area contributed by atoms with E-state index in [9.17, 15) is 17.6 Å². The molecule has 4 rings (SSSR count). The van der Waals surface area contributed by atoms with Crippen molar-refractivity contribution in [3.63, 3.8) is 0 Å². The van der Waals surface area contributed by atoms with Crippen LogP contribution in [0.1, 0.15) is 42.3 Å². The quantitative estimate of drug-likeness (QED) is 0.327. The van der Waals surface area contributed by atoms with Crippen molar-refractivity contribution in [3.05, 3.63) is 71.2 Å². The highest BCUT2D eigenvalue weighted by Crippen LogP contribution is 2.34. The third-order valence-corrected chi connectivity index (χ3v) is 6.48. The van der Waals surface area contributed by atoms with Crippen LogP contribution in [-0.4, -0.2) is 35.2 Å². The molecule has 2 aromatic carbocycles. The fraction of sp³-hybridized carbons (Fsp3) is 0.208. The zero-order chi connectivity index (χ0) is 25.5. The topological polar surface area (TPSA) is 131 Å². The number of aryl methyl sites for hydroxylation is 1. The Kier molecular flexibility index (Phi) is 6.39. The van der Waals surface area contributed by atoms with E-state index < -0.39 is 33.0 Å². The van der Waals surface area contributed by atoms with Crippen LogP contribution in [0.2, 0.25) is 0 Å². The normalized spacial score (nSPS) is 11.9. The van der Waals surface area contributed by atoms with Gasteiger partial charge in [0.25, 0.3) is 0 Å². The minimum Gasteiger partial charge on any atom is -0.367 e. The number of carbonyl (C=O) groups is 1. The number of aromatic nitrogens is 3. The molecule has 11 heteroatoms. The van der Waals surface area contributed by atoms with Crippen molar-refractivity contribution in [1.82, 2.24) is 15.0 Å². The van der Waals surface area contributed by atoms with E-state index in [2.05, 4.69) is 20.3 Å². The number of fused-ring (bicyclic) bond motifs is 1. The molecule has 8 nitrogen and oxygen atoms in total. The Labute approximate surface area is 200 Å². The monoisotopic (exact) mass is 499 g/mol. The van der Waals surface area contributed by atoms with Crippen LogP contribution >= 0.6 is 0 Å². The van der Waals surface area contributed by atoms with E-state index in [4.69, 9.17) is 5.14 Å². The average molecular weight is 500 g/mol. The van der Waals surface area contributed by atoms with Gasteiger partial charge in [-0.1, -0.05) is 13.0 Å². The van der Waals surface area contributed by atoms with E-state index in [1.165, 1.54) is 24.7 Å². The number of nitrogens with one attached hydrogen (secondary N) is 2. The number of benzene rings is 2. The predicted molar refractivity (Wildman–Crippen MR) is 129 cm³/mol. The number of hydrogen-bond donors (Lipinski definition) is 3. The minimum absolute atomic E-state index is 0.0346. The number of anilines is 1. The molecule has 0 aliphatic heterocycles. The molecule has 0 saturated carbocycles. The smallest absolute Gasteiger partial charge is 0.238 e. The third-order valence-electron chi connectivity index (χ3n) is 5.51. The van der Waals surface area contributed by atoms with Gasteiger partial charge < -0.3 is 10.3 Å². The molecule has 0 fully saturated rings. The highest BCUT2D eigenvalue weighted by atomic mass is 32.2. The largest absolute Gasteiger partial charge is 0.367 e. The summed E-state index contributed by atoms with van der Waals surface area (Å²) in [4.78, 5) is 24.2. The van der Waals surface area contributed by atoms with Crippen molar-refractivity contribution in [2.24, 2.45) is 5.14 Å². The summed E-state index contributed by atoms with van der Waals surface area (Å²) in [5.41, 5.74) is -0.149. The first kappa shape index (κ1) is 24.4. The van der Waals surface area contributed by atoms with Gasteiger partial charge in [-0.3, -0.25) is 4.79 Å². The van der Waals surface area contributed by atoms with E-state index in [1.807, 2.05) is 20.8 Å². The lowest BCUT2D eigenvalue weighted by atomic mass is 9.95. The van der Waals surface area contributed by atoms with Crippen molar-refractivity contribution in [2.45, 2.75) is 38.1 Å². The minimum atomic E-state index is -4.23. The third kappa shape index (κ3) is 4.52. The van der Waals surface area contributed by atoms with Crippen LogP contribution in [0.25, 0.3) is 22.2 Å². The summed E-state index contributed by atoms with van der Waals surface area (Å²) in [6.45, 7) is 5.59. The maximum Gasteiger partial charge on any atom is 0.238 e. The molecule has 0 aliphatic rings. The number of carbonyl (C=O) groups excluding carboxylic acids is 1. The van der Waals surface area contributed by atoms with Crippen molar-refractivity contribution < 1.29 is 22.0 Å². The number of sulfonamides is 1. The van der Waals surface area contributed by atoms with Crippen LogP contribution in [0.15, 0.2) is 47.8 Å². The second kappa shape index (κ2) is 9.16. The molecule has 0 bridgehead atoms. The molecule has 182 valence electrons. The number of aromatic amines is 1. The lowest BCUT2D eigenvalue weighted by molar-refractivity contribution is 0.103. The lowest BCUT2D eigenvalue weighted by Gasteiger charge is -2.14. The fourth-order valence-corrected chi connectivity index (χ4v) is 4.62. The van der Waals surface area contributed by atoms with E-state index in [0.29, 0.717) is 23.4 Å². The molecule has 35 heavy (non-hydrogen) atoms. The zero-order valence-electron chi connectivity index (χ0n) is 19.2. The first-order valence-electron chi connectivity index (χ1n) is 10.8. The SMILES string of the molecule is CCc1ccc(S(N)(=O)=O)c(-c2ccc(F)c(C(=O)c3c[nH]c4ncnc(NC(C)C)c34)c2F)c1. The van der Waals surface area contributed by atoms with Gasteiger partial charge in [0, 0.05) is 23.4 Å². The van der Waals surface area contributed by atoms with Crippen molar-refractivity contribution in [3.8, 4) is 11.1 Å². The molecule has 2 heterocycles. The summed E-state index contributed by atoms with van der Waals surface area (Å²) in [5, 5.41) is 8.72. The highest BCUT2D eigenvalue weighted by Gasteiger charge is 2.28. The predicted octanol–water partition coefficient (Wildman–Crippen LogP) is 4.16. The van der Waals surface area contributed by atoms with Crippen molar-refractivity contribution in [1.29, 1.82) is 0 Å². The Morgan fingerprint density at radius 2 is 1.89 bits per heavy atom. The zero-order valence-corrected chi connectivity index (χ0v) is 20.0. The van der Waals surface area contributed by atoms with Gasteiger partial charge in [-0.25, -0.2) is 32.3 Å². The Balaban J connectivity index is 1.94. The van der Waals surface area contributed by atoms with E-state index >= 15 is 4.39 Å². The molecular formula is C24H23F2N5O3S. The molecule has 2 aromatic heterocycles. The van der Waals surface area contributed by atoms with Crippen molar-refractivity contribution >= 4 is 32.7 Å². The molecule has 0 aliphatic carbocycles. The van der Waals surface area contributed by atoms with Crippen LogP contribution in [-0.2, 0) is 16.4 Å². The summed E-state index contributed by atoms with van der Waals surface area (Å²) in [6.07, 6.45) is 3.15. The number of ketones is 1. The summed E-state index contributed by atoms with van der Waals surface area (Å²) < 4.78 is 55.1. The number of H-pyrrole nitrogens is 1. The van der Waals surface area contributed by atoms with Crippen molar-refractivity contribution in [2.75, 3.05) is 5.32 Å². The second-order valence-electron chi connectivity index (χ2n) is 8.29. The van der Waals surface area contributed by atoms with E-state index in [1.54, 1.807) is 6.07 Å². The molecule has 0 atom stereocenters. The maximum atomic E-state index is 15.8. The van der Waals surface area contributed by atoms with Gasteiger partial charge in [0.15, 0.2) is 0 Å². The molecule has 0 radical (unpaired) electrons. The molecule has 0 amide bonds. The Morgan fingerprint density at radius 3 is 2.54 bits per heavy atom. The molecule has 0 unspecified atom stereocenters. The number of nitrogens with two attached hydrogens (primary N) is 1.